The highest BCUT2D eigenvalue weighted by Crippen LogP contribution is 2.13. The minimum Gasteiger partial charge on any atom is -0.445 e. The Morgan fingerprint density at radius 2 is 2.45 bits per heavy atom. The normalized spacial score (nSPS) is 17.4. The van der Waals surface area contributed by atoms with Crippen molar-refractivity contribution in [3.63, 3.8) is 0 Å². The molecule has 0 aromatic heterocycles. The van der Waals surface area contributed by atoms with E-state index < -0.39 is 0 Å². The molecule has 0 atom stereocenters. The molecule has 0 N–H and O–H groups in total. The maximum absolute atomic E-state index is 11.0. The van der Waals surface area contributed by atoms with E-state index in [0.717, 1.165) is 0 Å². The highest BCUT2D eigenvalue weighted by atomic mass is 32.1. The molecule has 62 valence electrons. The maximum atomic E-state index is 11.0. The molecule has 0 radical (unpaired) electrons. The molecule has 0 spiro atoms. The van der Waals surface area contributed by atoms with Crippen LogP contribution in [0.2, 0.25) is 0 Å². The summed E-state index contributed by atoms with van der Waals surface area (Å²) in [5.41, 5.74) is 0. The van der Waals surface area contributed by atoms with Crippen molar-refractivity contribution < 1.29 is 9.53 Å². The summed E-state index contributed by atoms with van der Waals surface area (Å²) < 4.78 is 4.78. The summed E-state index contributed by atoms with van der Waals surface area (Å²) in [5, 5.41) is 0.325. The molecule has 0 aromatic carbocycles. The third-order valence-electron chi connectivity index (χ3n) is 1.45. The van der Waals surface area contributed by atoms with Gasteiger partial charge in [-0.3, -0.25) is 0 Å². The molecule has 4 heteroatoms. The largest absolute Gasteiger partial charge is 0.445 e. The van der Waals surface area contributed by atoms with Crippen LogP contribution in [0, 0.1) is 0 Å². The number of hydrogen-bond acceptors (Lipinski definition) is 3. The van der Waals surface area contributed by atoms with E-state index in [2.05, 4.69) is 19.2 Å². The monoisotopic (exact) mass is 173 g/mol. The summed E-state index contributed by atoms with van der Waals surface area (Å²) in [7, 11) is 0. The number of hydrogen-bond donors (Lipinski definition) is 1. The van der Waals surface area contributed by atoms with E-state index >= 15 is 0 Å². The van der Waals surface area contributed by atoms with Gasteiger partial charge in [0.2, 0.25) is 0 Å². The fourth-order valence-electron chi connectivity index (χ4n) is 0.826. The van der Waals surface area contributed by atoms with Crippen molar-refractivity contribution in [1.82, 2.24) is 4.90 Å². The highest BCUT2D eigenvalue weighted by molar-refractivity contribution is 7.81. The molecule has 1 amide bonds. The van der Waals surface area contributed by atoms with E-state index in [1.54, 1.807) is 11.0 Å². The Balaban J connectivity index is 2.16. The summed E-state index contributed by atoms with van der Waals surface area (Å²) in [6.45, 7) is 5.11. The van der Waals surface area contributed by atoms with Crippen LogP contribution < -0.4 is 0 Å². The van der Waals surface area contributed by atoms with E-state index in [9.17, 15) is 4.79 Å². The quantitative estimate of drug-likeness (QED) is 0.497. The highest BCUT2D eigenvalue weighted by Gasteiger charge is 2.28. The number of rotatable bonds is 2. The minimum absolute atomic E-state index is 0.268. The van der Waals surface area contributed by atoms with Gasteiger partial charge in [-0.1, -0.05) is 12.7 Å². The zero-order chi connectivity index (χ0) is 8.27. The third-order valence-corrected chi connectivity index (χ3v) is 1.77. The lowest BCUT2D eigenvalue weighted by atomic mass is 10.2. The van der Waals surface area contributed by atoms with Gasteiger partial charge in [0.05, 0.1) is 0 Å². The van der Waals surface area contributed by atoms with Gasteiger partial charge in [0.25, 0.3) is 0 Å². The van der Waals surface area contributed by atoms with Gasteiger partial charge in [-0.2, -0.15) is 12.6 Å². The van der Waals surface area contributed by atoms with Crippen molar-refractivity contribution in [3.05, 3.63) is 12.7 Å². The van der Waals surface area contributed by atoms with E-state index in [0.29, 0.717) is 18.3 Å². The number of carbonyl (C=O) groups is 1. The molecule has 0 aromatic rings. The molecule has 1 fully saturated rings. The molecule has 11 heavy (non-hydrogen) atoms. The number of amides is 1. The summed E-state index contributed by atoms with van der Waals surface area (Å²) in [6.07, 6.45) is 1.28. The molecular weight excluding hydrogens is 162 g/mol. The first-order valence-electron chi connectivity index (χ1n) is 3.44. The molecule has 0 aliphatic carbocycles. The zero-order valence-corrected chi connectivity index (χ0v) is 7.09. The number of thiol groups is 1. The Bertz CT molecular complexity index is 166. The van der Waals surface area contributed by atoms with Gasteiger partial charge in [-0.05, 0) is 0 Å². The van der Waals surface area contributed by atoms with Gasteiger partial charge in [0.1, 0.15) is 6.61 Å². The van der Waals surface area contributed by atoms with Gasteiger partial charge in [-0.15, -0.1) is 0 Å². The molecule has 1 saturated heterocycles. The smallest absolute Gasteiger partial charge is 0.410 e. The molecule has 1 aliphatic rings. The summed E-state index contributed by atoms with van der Waals surface area (Å²) >= 11 is 4.16. The van der Waals surface area contributed by atoms with Gasteiger partial charge in [0, 0.05) is 18.3 Å². The number of ether oxygens (including phenoxy) is 1. The lowest BCUT2D eigenvalue weighted by molar-refractivity contribution is 0.0922. The second-order valence-electron chi connectivity index (χ2n) is 2.42. The van der Waals surface area contributed by atoms with Gasteiger partial charge >= 0.3 is 6.09 Å². The Morgan fingerprint density at radius 1 is 1.82 bits per heavy atom. The third kappa shape index (κ3) is 2.15. The van der Waals surface area contributed by atoms with Gasteiger partial charge in [0.15, 0.2) is 0 Å². The number of carbonyl (C=O) groups excluding carboxylic acids is 1. The van der Waals surface area contributed by atoms with Crippen LogP contribution >= 0.6 is 12.6 Å². The predicted octanol–water partition coefficient (Wildman–Crippen LogP) is 0.923. The number of nitrogens with zero attached hydrogens (tertiary/aromatic N) is 1. The van der Waals surface area contributed by atoms with Crippen molar-refractivity contribution in [2.24, 2.45) is 0 Å². The summed E-state index contributed by atoms with van der Waals surface area (Å²) in [5.74, 6) is 0. The van der Waals surface area contributed by atoms with Crippen LogP contribution in [-0.4, -0.2) is 35.9 Å². The van der Waals surface area contributed by atoms with Crippen LogP contribution in [0.4, 0.5) is 4.79 Å². The minimum atomic E-state index is -0.268. The van der Waals surface area contributed by atoms with Crippen LogP contribution in [0.1, 0.15) is 0 Å². The zero-order valence-electron chi connectivity index (χ0n) is 6.19. The first-order chi connectivity index (χ1) is 5.24. The van der Waals surface area contributed by atoms with E-state index in [1.165, 1.54) is 0 Å². The Kier molecular flexibility index (Phi) is 2.82. The van der Waals surface area contributed by atoms with Crippen LogP contribution in [0.15, 0.2) is 12.7 Å². The molecule has 0 saturated carbocycles. The summed E-state index contributed by atoms with van der Waals surface area (Å²) in [6, 6.07) is 0. The van der Waals surface area contributed by atoms with Gasteiger partial charge < -0.3 is 9.64 Å². The molecule has 1 aliphatic heterocycles. The lowest BCUT2D eigenvalue weighted by Crippen LogP contribution is -2.51. The first-order valence-corrected chi connectivity index (χ1v) is 3.96. The molecular formula is C7H11NO2S. The average molecular weight is 173 g/mol. The Morgan fingerprint density at radius 3 is 2.91 bits per heavy atom. The topological polar surface area (TPSA) is 29.5 Å². The average Bonchev–Trinajstić information content (AvgIpc) is 1.94. The van der Waals surface area contributed by atoms with E-state index in [4.69, 9.17) is 4.74 Å². The van der Waals surface area contributed by atoms with E-state index in [-0.39, 0.29) is 12.7 Å². The Labute approximate surface area is 71.4 Å². The molecule has 0 bridgehead atoms. The second-order valence-corrected chi connectivity index (χ2v) is 3.15. The maximum Gasteiger partial charge on any atom is 0.410 e. The standard InChI is InChI=1S/C7H11NO2S/c1-2-3-10-7(9)8-4-6(11)5-8/h2,6,11H,1,3-5H2. The predicted molar refractivity (Wildman–Crippen MR) is 45.9 cm³/mol. The second kappa shape index (κ2) is 3.67. The van der Waals surface area contributed by atoms with Crippen molar-refractivity contribution in [2.75, 3.05) is 19.7 Å². The number of likely N-dealkylation sites (tertiary alicyclic amines) is 1. The van der Waals surface area contributed by atoms with Crippen LogP contribution in [0.3, 0.4) is 0 Å². The molecule has 1 rings (SSSR count). The summed E-state index contributed by atoms with van der Waals surface area (Å²) in [4.78, 5) is 12.6. The van der Waals surface area contributed by atoms with Gasteiger partial charge in [-0.25, -0.2) is 4.79 Å². The SMILES string of the molecule is C=CCOC(=O)N1CC(S)C1. The van der Waals surface area contributed by atoms with Crippen molar-refractivity contribution in [3.8, 4) is 0 Å². The van der Waals surface area contributed by atoms with E-state index in [1.807, 2.05) is 0 Å². The van der Waals surface area contributed by atoms with Crippen LogP contribution in [0.25, 0.3) is 0 Å². The van der Waals surface area contributed by atoms with Crippen LogP contribution in [-0.2, 0) is 4.74 Å². The van der Waals surface area contributed by atoms with Crippen LogP contribution in [0.5, 0.6) is 0 Å². The molecule has 1 heterocycles. The molecule has 0 unspecified atom stereocenters. The Hall–Kier alpha value is -0.640. The first kappa shape index (κ1) is 8.46. The van der Waals surface area contributed by atoms with Crippen molar-refractivity contribution >= 4 is 18.7 Å². The van der Waals surface area contributed by atoms with Crippen molar-refractivity contribution in [2.45, 2.75) is 5.25 Å². The fraction of sp³-hybridized carbons (Fsp3) is 0.571. The lowest BCUT2D eigenvalue weighted by Gasteiger charge is -2.35. The molecule has 3 nitrogen and oxygen atoms in total. The fourth-order valence-corrected chi connectivity index (χ4v) is 1.22. The van der Waals surface area contributed by atoms with Crippen molar-refractivity contribution in [1.29, 1.82) is 0 Å².